The van der Waals surface area contributed by atoms with Gasteiger partial charge in [-0.2, -0.15) is 0 Å². The minimum Gasteiger partial charge on any atom is -0.481 e. The topological polar surface area (TPSA) is 77.8 Å². The van der Waals surface area contributed by atoms with Gasteiger partial charge in [-0.1, -0.05) is 55.5 Å². The van der Waals surface area contributed by atoms with Gasteiger partial charge in [-0.05, 0) is 44.9 Å². The molecule has 4 nitrogen and oxygen atoms in total. The Kier molecular flexibility index (Phi) is 15.1. The number of hydrogen-bond donors (Lipinski definition) is 3. The van der Waals surface area contributed by atoms with Gasteiger partial charge in [-0.25, -0.2) is 0 Å². The molecule has 3 N–H and O–H groups in total. The average Bonchev–Trinajstić information content (AvgIpc) is 2.55. The lowest BCUT2D eigenvalue weighted by Gasteiger charge is -2.14. The first kappa shape index (κ1) is 22.4. The molecule has 0 rings (SSSR count). The number of carboxylic acids is 1. The highest BCUT2D eigenvalue weighted by atomic mass is 16.4. The predicted molar refractivity (Wildman–Crippen MR) is 98.8 cm³/mol. The number of allylic oxidation sites excluding steroid dienone is 6. The van der Waals surface area contributed by atoms with E-state index in [-0.39, 0.29) is 6.42 Å². The number of aliphatic carboxylic acids is 1. The van der Waals surface area contributed by atoms with Crippen molar-refractivity contribution in [2.45, 2.75) is 70.5 Å². The van der Waals surface area contributed by atoms with Crippen LogP contribution in [0.25, 0.3) is 0 Å². The van der Waals surface area contributed by atoms with E-state index in [4.69, 9.17) is 5.11 Å². The number of hydrogen-bond acceptors (Lipinski definition) is 3. The van der Waals surface area contributed by atoms with E-state index in [9.17, 15) is 15.0 Å². The second-order valence-electron chi connectivity index (χ2n) is 5.66. The van der Waals surface area contributed by atoms with Gasteiger partial charge in [0.1, 0.15) is 0 Å². The van der Waals surface area contributed by atoms with Crippen LogP contribution in [0.1, 0.15) is 58.3 Å². The number of aliphatic hydroxyl groups is 2. The van der Waals surface area contributed by atoms with E-state index in [0.717, 1.165) is 25.7 Å². The molecule has 136 valence electrons. The van der Waals surface area contributed by atoms with Crippen molar-refractivity contribution in [3.8, 4) is 0 Å². The lowest BCUT2D eigenvalue weighted by atomic mass is 10.1. The van der Waals surface area contributed by atoms with E-state index < -0.39 is 18.2 Å². The van der Waals surface area contributed by atoms with Gasteiger partial charge in [0.2, 0.25) is 0 Å². The zero-order valence-electron chi connectivity index (χ0n) is 14.7. The molecule has 4 heteroatoms. The molecule has 0 saturated carbocycles. The van der Waals surface area contributed by atoms with Gasteiger partial charge in [0.05, 0.1) is 12.2 Å². The summed E-state index contributed by atoms with van der Waals surface area (Å²) in [6.07, 6.45) is 19.5. The van der Waals surface area contributed by atoms with Gasteiger partial charge < -0.3 is 15.3 Å². The Morgan fingerprint density at radius 2 is 1.33 bits per heavy atom. The standard InChI is InChI=1S/C20H32O4/c1-2-3-4-5-9-12-15-18(21)19(22)16-13-10-7-6-8-11-14-17-20(23)24/h3-4,6,8-10,12-13,18-19,21-22H,2,5,7,11,14-17H2,1H3,(H,23,24)/b4-3-,8-6-,12-9-,13-10-/t18-,19-/m1/s1. The minimum atomic E-state index is -0.761. The molecule has 0 bridgehead atoms. The van der Waals surface area contributed by atoms with Crippen molar-refractivity contribution in [3.63, 3.8) is 0 Å². The summed E-state index contributed by atoms with van der Waals surface area (Å²) in [6, 6.07) is 0. The summed E-state index contributed by atoms with van der Waals surface area (Å²) >= 11 is 0. The molecule has 0 amide bonds. The second-order valence-corrected chi connectivity index (χ2v) is 5.66. The van der Waals surface area contributed by atoms with Crippen molar-refractivity contribution in [2.24, 2.45) is 0 Å². The zero-order chi connectivity index (χ0) is 18.0. The Morgan fingerprint density at radius 3 is 1.83 bits per heavy atom. The molecule has 0 spiro atoms. The molecule has 24 heavy (non-hydrogen) atoms. The van der Waals surface area contributed by atoms with Crippen molar-refractivity contribution in [2.75, 3.05) is 0 Å². The molecule has 0 aromatic carbocycles. The highest BCUT2D eigenvalue weighted by Crippen LogP contribution is 2.06. The smallest absolute Gasteiger partial charge is 0.303 e. The molecular formula is C20H32O4. The van der Waals surface area contributed by atoms with Crippen LogP contribution in [0.5, 0.6) is 0 Å². The molecule has 0 aliphatic rings. The maximum atomic E-state index is 10.3. The van der Waals surface area contributed by atoms with Crippen molar-refractivity contribution in [3.05, 3.63) is 48.6 Å². The monoisotopic (exact) mass is 336 g/mol. The molecule has 2 atom stereocenters. The highest BCUT2D eigenvalue weighted by Gasteiger charge is 2.12. The molecule has 0 aliphatic carbocycles. The third-order valence-corrected chi connectivity index (χ3v) is 3.41. The first-order valence-corrected chi connectivity index (χ1v) is 8.75. The maximum absolute atomic E-state index is 10.3. The largest absolute Gasteiger partial charge is 0.481 e. The first-order valence-electron chi connectivity index (χ1n) is 8.75. The fraction of sp³-hybridized carbons (Fsp3) is 0.550. The molecule has 0 aliphatic heterocycles. The molecule has 0 fully saturated rings. The first-order chi connectivity index (χ1) is 11.6. The molecule has 0 aromatic heterocycles. The van der Waals surface area contributed by atoms with Crippen LogP contribution in [-0.4, -0.2) is 33.5 Å². The summed E-state index contributed by atoms with van der Waals surface area (Å²) < 4.78 is 0. The van der Waals surface area contributed by atoms with E-state index >= 15 is 0 Å². The van der Waals surface area contributed by atoms with Crippen molar-refractivity contribution in [1.29, 1.82) is 0 Å². The van der Waals surface area contributed by atoms with Crippen molar-refractivity contribution < 1.29 is 20.1 Å². The maximum Gasteiger partial charge on any atom is 0.303 e. The summed E-state index contributed by atoms with van der Waals surface area (Å²) in [7, 11) is 0. The van der Waals surface area contributed by atoms with E-state index in [2.05, 4.69) is 19.1 Å². The normalized spacial score (nSPS) is 15.1. The lowest BCUT2D eigenvalue weighted by molar-refractivity contribution is -0.137. The summed E-state index contributed by atoms with van der Waals surface area (Å²) in [5.74, 6) is -0.761. The van der Waals surface area contributed by atoms with Crippen LogP contribution >= 0.6 is 0 Å². The van der Waals surface area contributed by atoms with E-state index in [1.165, 1.54) is 0 Å². The number of unbranched alkanes of at least 4 members (excludes halogenated alkanes) is 1. The fourth-order valence-electron chi connectivity index (χ4n) is 1.98. The number of carboxylic acid groups (broad SMARTS) is 1. The van der Waals surface area contributed by atoms with E-state index in [1.807, 2.05) is 36.5 Å². The Morgan fingerprint density at radius 1 is 0.833 bits per heavy atom. The molecule has 0 unspecified atom stereocenters. The number of aliphatic hydroxyl groups excluding tert-OH is 2. The summed E-state index contributed by atoms with van der Waals surface area (Å²) in [6.45, 7) is 2.09. The van der Waals surface area contributed by atoms with Gasteiger partial charge in [0.15, 0.2) is 0 Å². The number of rotatable bonds is 14. The van der Waals surface area contributed by atoms with E-state index in [0.29, 0.717) is 19.3 Å². The van der Waals surface area contributed by atoms with Crippen LogP contribution in [0.3, 0.4) is 0 Å². The van der Waals surface area contributed by atoms with Gasteiger partial charge in [-0.15, -0.1) is 0 Å². The summed E-state index contributed by atoms with van der Waals surface area (Å²) in [5.41, 5.74) is 0. The van der Waals surface area contributed by atoms with E-state index in [1.54, 1.807) is 0 Å². The summed E-state index contributed by atoms with van der Waals surface area (Å²) in [4.78, 5) is 10.3. The minimum absolute atomic E-state index is 0.202. The quantitative estimate of drug-likeness (QED) is 0.329. The molecule has 0 heterocycles. The van der Waals surface area contributed by atoms with Crippen LogP contribution in [0, 0.1) is 0 Å². The molecule has 0 saturated heterocycles. The van der Waals surface area contributed by atoms with Gasteiger partial charge in [0, 0.05) is 6.42 Å². The highest BCUT2D eigenvalue weighted by molar-refractivity contribution is 5.66. The van der Waals surface area contributed by atoms with Crippen molar-refractivity contribution >= 4 is 5.97 Å². The zero-order valence-corrected chi connectivity index (χ0v) is 14.7. The SMILES string of the molecule is CC/C=C\C/C=C\C[C@@H](O)[C@H](O)C/C=C\C/C=C\CCCC(=O)O. The van der Waals surface area contributed by atoms with Gasteiger partial charge in [0.25, 0.3) is 0 Å². The molecule has 0 aromatic rings. The molecular weight excluding hydrogens is 304 g/mol. The number of carbonyl (C=O) groups is 1. The van der Waals surface area contributed by atoms with Gasteiger partial charge >= 0.3 is 5.97 Å². The third-order valence-electron chi connectivity index (χ3n) is 3.41. The Labute approximate surface area is 145 Å². The van der Waals surface area contributed by atoms with Crippen LogP contribution in [0.15, 0.2) is 48.6 Å². The third kappa shape index (κ3) is 15.3. The molecule has 0 radical (unpaired) electrons. The lowest BCUT2D eigenvalue weighted by Crippen LogP contribution is -2.24. The predicted octanol–water partition coefficient (Wildman–Crippen LogP) is 4.16. The second kappa shape index (κ2) is 16.2. The fourth-order valence-corrected chi connectivity index (χ4v) is 1.98. The van der Waals surface area contributed by atoms with Crippen LogP contribution < -0.4 is 0 Å². The van der Waals surface area contributed by atoms with Crippen LogP contribution in [0.2, 0.25) is 0 Å². The Bertz CT molecular complexity index is 421. The van der Waals surface area contributed by atoms with Crippen molar-refractivity contribution in [1.82, 2.24) is 0 Å². The van der Waals surface area contributed by atoms with Gasteiger partial charge in [-0.3, -0.25) is 4.79 Å². The average molecular weight is 336 g/mol. The van der Waals surface area contributed by atoms with Crippen LogP contribution in [0.4, 0.5) is 0 Å². The van der Waals surface area contributed by atoms with Crippen LogP contribution in [-0.2, 0) is 4.79 Å². The Hall–Kier alpha value is -1.65. The summed E-state index contributed by atoms with van der Waals surface area (Å²) in [5, 5.41) is 28.2. The Balaban J connectivity index is 3.74.